The molecular formula is C9H6Cl2N4O2. The van der Waals surface area contributed by atoms with Gasteiger partial charge in [-0.2, -0.15) is 0 Å². The van der Waals surface area contributed by atoms with E-state index >= 15 is 0 Å². The summed E-state index contributed by atoms with van der Waals surface area (Å²) in [6.45, 7) is 0. The number of nitrogens with two attached hydrogens (primary N) is 1. The Kier molecular flexibility index (Phi) is 2.91. The molecule has 6 nitrogen and oxygen atoms in total. The number of hydrogen-bond donors (Lipinski definition) is 2. The first-order valence-corrected chi connectivity index (χ1v) is 5.16. The molecule has 0 radical (unpaired) electrons. The van der Waals surface area contributed by atoms with Gasteiger partial charge in [-0.25, -0.2) is 4.79 Å². The van der Waals surface area contributed by atoms with Gasteiger partial charge >= 0.3 is 5.97 Å². The van der Waals surface area contributed by atoms with Gasteiger partial charge in [-0.15, -0.1) is 15.0 Å². The molecule has 2 aromatic rings. The standard InChI is InChI=1S/C9H6Cl2N4O2/c10-5-2-1-4(3-6(5)11)15-13-7(9(16)17)8(12)14-15/h1-3H,(H2,12,14)(H,16,17). The second-order valence-electron chi connectivity index (χ2n) is 3.13. The molecule has 0 aliphatic carbocycles. The van der Waals surface area contributed by atoms with Crippen LogP contribution in [0.2, 0.25) is 10.0 Å². The van der Waals surface area contributed by atoms with Gasteiger partial charge in [-0.05, 0) is 18.2 Å². The van der Waals surface area contributed by atoms with Crippen molar-refractivity contribution in [3.8, 4) is 5.69 Å². The molecule has 0 saturated carbocycles. The Morgan fingerprint density at radius 2 is 2.00 bits per heavy atom. The molecule has 1 aromatic carbocycles. The second kappa shape index (κ2) is 4.23. The number of carboxylic acid groups (broad SMARTS) is 1. The summed E-state index contributed by atoms with van der Waals surface area (Å²) in [6.07, 6.45) is 0. The summed E-state index contributed by atoms with van der Waals surface area (Å²) in [5, 5.41) is 17.0. The fourth-order valence-electron chi connectivity index (χ4n) is 1.19. The zero-order valence-electron chi connectivity index (χ0n) is 8.26. The summed E-state index contributed by atoms with van der Waals surface area (Å²) in [7, 11) is 0. The Morgan fingerprint density at radius 1 is 1.29 bits per heavy atom. The van der Waals surface area contributed by atoms with Crippen LogP contribution in [0.3, 0.4) is 0 Å². The van der Waals surface area contributed by atoms with Crippen molar-refractivity contribution in [2.24, 2.45) is 0 Å². The van der Waals surface area contributed by atoms with Crippen LogP contribution in [0.4, 0.5) is 5.82 Å². The quantitative estimate of drug-likeness (QED) is 0.870. The second-order valence-corrected chi connectivity index (χ2v) is 3.94. The third-order valence-electron chi connectivity index (χ3n) is 1.98. The van der Waals surface area contributed by atoms with E-state index in [0.717, 1.165) is 4.80 Å². The third-order valence-corrected chi connectivity index (χ3v) is 2.72. The van der Waals surface area contributed by atoms with Crippen molar-refractivity contribution in [3.63, 3.8) is 0 Å². The van der Waals surface area contributed by atoms with Crippen LogP contribution < -0.4 is 5.73 Å². The Morgan fingerprint density at radius 3 is 2.53 bits per heavy atom. The Balaban J connectivity index is 2.50. The molecular weight excluding hydrogens is 267 g/mol. The lowest BCUT2D eigenvalue weighted by molar-refractivity contribution is 0.0691. The van der Waals surface area contributed by atoms with E-state index < -0.39 is 5.97 Å². The normalized spacial score (nSPS) is 10.5. The van der Waals surface area contributed by atoms with Crippen molar-refractivity contribution in [1.29, 1.82) is 0 Å². The number of anilines is 1. The molecule has 0 amide bonds. The first kappa shape index (κ1) is 11.7. The molecule has 3 N–H and O–H groups in total. The van der Waals surface area contributed by atoms with Gasteiger partial charge in [-0.3, -0.25) is 0 Å². The predicted octanol–water partition coefficient (Wildman–Crippen LogP) is 1.85. The summed E-state index contributed by atoms with van der Waals surface area (Å²) in [5.74, 6) is -1.41. The minimum Gasteiger partial charge on any atom is -0.476 e. The molecule has 0 saturated heterocycles. The molecule has 1 aromatic heterocycles. The lowest BCUT2D eigenvalue weighted by Gasteiger charge is -2.00. The van der Waals surface area contributed by atoms with Gasteiger partial charge in [0.05, 0.1) is 15.7 Å². The fourth-order valence-corrected chi connectivity index (χ4v) is 1.49. The van der Waals surface area contributed by atoms with E-state index in [9.17, 15) is 4.79 Å². The van der Waals surface area contributed by atoms with E-state index in [-0.39, 0.29) is 11.5 Å². The van der Waals surface area contributed by atoms with Gasteiger partial charge in [0.1, 0.15) is 0 Å². The lowest BCUT2D eigenvalue weighted by Crippen LogP contribution is -2.02. The molecule has 1 heterocycles. The highest BCUT2D eigenvalue weighted by Crippen LogP contribution is 2.24. The summed E-state index contributed by atoms with van der Waals surface area (Å²) < 4.78 is 0. The fraction of sp³-hybridized carbons (Fsp3) is 0. The molecule has 8 heteroatoms. The van der Waals surface area contributed by atoms with Crippen LogP contribution in [-0.4, -0.2) is 26.1 Å². The predicted molar refractivity (Wildman–Crippen MR) is 62.8 cm³/mol. The topological polar surface area (TPSA) is 94.0 Å². The molecule has 0 fully saturated rings. The van der Waals surface area contributed by atoms with Gasteiger partial charge < -0.3 is 10.8 Å². The maximum atomic E-state index is 10.7. The number of rotatable bonds is 2. The lowest BCUT2D eigenvalue weighted by atomic mass is 10.3. The number of carbonyl (C=O) groups is 1. The Hall–Kier alpha value is -1.79. The molecule has 0 aliphatic rings. The van der Waals surface area contributed by atoms with E-state index in [1.165, 1.54) is 6.07 Å². The van der Waals surface area contributed by atoms with Gasteiger partial charge in [0, 0.05) is 0 Å². The number of benzene rings is 1. The molecule has 0 atom stereocenters. The van der Waals surface area contributed by atoms with Crippen molar-refractivity contribution in [2.75, 3.05) is 5.73 Å². The number of hydrogen-bond acceptors (Lipinski definition) is 4. The third kappa shape index (κ3) is 2.17. The molecule has 2 rings (SSSR count). The van der Waals surface area contributed by atoms with Crippen molar-refractivity contribution in [3.05, 3.63) is 33.9 Å². The van der Waals surface area contributed by atoms with E-state index in [1.807, 2.05) is 0 Å². The molecule has 0 aliphatic heterocycles. The highest BCUT2D eigenvalue weighted by atomic mass is 35.5. The van der Waals surface area contributed by atoms with E-state index in [1.54, 1.807) is 12.1 Å². The average molecular weight is 273 g/mol. The smallest absolute Gasteiger partial charge is 0.360 e. The number of halogens is 2. The number of carboxylic acids is 1. The van der Waals surface area contributed by atoms with E-state index in [2.05, 4.69) is 10.2 Å². The van der Waals surface area contributed by atoms with Gasteiger partial charge in [0.25, 0.3) is 0 Å². The number of nitrogen functional groups attached to an aromatic ring is 1. The highest BCUT2D eigenvalue weighted by molar-refractivity contribution is 6.42. The first-order valence-electron chi connectivity index (χ1n) is 4.40. The van der Waals surface area contributed by atoms with Crippen LogP contribution in [0.15, 0.2) is 18.2 Å². The molecule has 0 bridgehead atoms. The van der Waals surface area contributed by atoms with Gasteiger partial charge in [0.2, 0.25) is 5.69 Å². The van der Waals surface area contributed by atoms with Gasteiger partial charge in [-0.1, -0.05) is 23.2 Å². The monoisotopic (exact) mass is 272 g/mol. The Labute approximate surface area is 106 Å². The Bertz CT molecular complexity index is 597. The maximum absolute atomic E-state index is 10.7. The van der Waals surface area contributed by atoms with Crippen molar-refractivity contribution < 1.29 is 9.90 Å². The molecule has 17 heavy (non-hydrogen) atoms. The zero-order chi connectivity index (χ0) is 12.6. The van der Waals surface area contributed by atoms with Crippen LogP contribution >= 0.6 is 23.2 Å². The van der Waals surface area contributed by atoms with Crippen LogP contribution in [0.1, 0.15) is 10.5 Å². The van der Waals surface area contributed by atoms with Crippen LogP contribution in [0.5, 0.6) is 0 Å². The SMILES string of the molecule is Nc1nn(-c2ccc(Cl)c(Cl)c2)nc1C(=O)O. The van der Waals surface area contributed by atoms with Crippen molar-refractivity contribution in [2.45, 2.75) is 0 Å². The highest BCUT2D eigenvalue weighted by Gasteiger charge is 2.16. The largest absolute Gasteiger partial charge is 0.476 e. The minimum absolute atomic E-state index is 0.163. The maximum Gasteiger partial charge on any atom is 0.360 e. The number of nitrogens with zero attached hydrogens (tertiary/aromatic N) is 3. The molecule has 0 spiro atoms. The van der Waals surface area contributed by atoms with E-state index in [0.29, 0.717) is 15.7 Å². The summed E-state index contributed by atoms with van der Waals surface area (Å²) in [5.41, 5.74) is 5.58. The zero-order valence-corrected chi connectivity index (χ0v) is 9.77. The summed E-state index contributed by atoms with van der Waals surface area (Å²) >= 11 is 11.6. The van der Waals surface area contributed by atoms with Gasteiger partial charge in [0.15, 0.2) is 5.82 Å². The summed E-state index contributed by atoms with van der Waals surface area (Å²) in [4.78, 5) is 11.8. The number of aromatic carboxylic acids is 1. The van der Waals surface area contributed by atoms with Crippen molar-refractivity contribution >= 4 is 35.0 Å². The van der Waals surface area contributed by atoms with Crippen LogP contribution in [0, 0.1) is 0 Å². The average Bonchev–Trinajstić information content (AvgIpc) is 2.64. The van der Waals surface area contributed by atoms with Crippen molar-refractivity contribution in [1.82, 2.24) is 15.0 Å². The minimum atomic E-state index is -1.24. The molecule has 88 valence electrons. The van der Waals surface area contributed by atoms with Crippen LogP contribution in [-0.2, 0) is 0 Å². The van der Waals surface area contributed by atoms with Crippen LogP contribution in [0.25, 0.3) is 5.69 Å². The molecule has 0 unspecified atom stereocenters. The first-order chi connectivity index (χ1) is 7.99. The number of aromatic nitrogens is 3. The van der Waals surface area contributed by atoms with E-state index in [4.69, 9.17) is 34.0 Å². The summed E-state index contributed by atoms with van der Waals surface area (Å²) in [6, 6.07) is 4.66.